The van der Waals surface area contributed by atoms with Crippen LogP contribution in [0, 0.1) is 25.7 Å². The summed E-state index contributed by atoms with van der Waals surface area (Å²) in [5, 5.41) is 0. The van der Waals surface area contributed by atoms with Gasteiger partial charge in [0, 0.05) is 26.7 Å². The molecular weight excluding hydrogens is 444 g/mol. The predicted molar refractivity (Wildman–Crippen MR) is 138 cm³/mol. The Kier molecular flexibility index (Phi) is 6.45. The van der Waals surface area contributed by atoms with E-state index in [4.69, 9.17) is 5.73 Å². The molecule has 2 N–H and O–H groups in total. The second kappa shape index (κ2) is 9.35. The Bertz CT molecular complexity index is 1610. The molecule has 182 valence electrons. The number of nitrogens with two attached hydrogens (primary N) is 1. The minimum absolute atomic E-state index is 0.0988. The lowest BCUT2D eigenvalue weighted by molar-refractivity contribution is 0.654. The zero-order chi connectivity index (χ0) is 25.4. The maximum absolute atomic E-state index is 13.7. The highest BCUT2D eigenvalue weighted by atomic mass is 16.2. The van der Waals surface area contributed by atoms with E-state index in [0.29, 0.717) is 23.7 Å². The first-order chi connectivity index (χ1) is 16.6. The lowest BCUT2D eigenvalue weighted by Crippen LogP contribution is -2.40. The van der Waals surface area contributed by atoms with E-state index in [2.05, 4.69) is 26.8 Å². The maximum Gasteiger partial charge on any atom is 0.332 e. The van der Waals surface area contributed by atoms with Crippen molar-refractivity contribution >= 4 is 28.1 Å². The number of likely N-dealkylation sites (N-methyl/N-ethyl adjacent to an activating group) is 1. The van der Waals surface area contributed by atoms with E-state index < -0.39 is 11.2 Å². The van der Waals surface area contributed by atoms with Crippen LogP contribution in [0.4, 0.5) is 5.95 Å². The van der Waals surface area contributed by atoms with E-state index in [1.165, 1.54) is 9.13 Å². The quantitative estimate of drug-likeness (QED) is 0.419. The van der Waals surface area contributed by atoms with Gasteiger partial charge in [0.25, 0.3) is 5.56 Å². The second-order valence-corrected chi connectivity index (χ2v) is 8.91. The molecule has 0 spiro atoms. The molecule has 0 aliphatic carbocycles. The van der Waals surface area contributed by atoms with Crippen LogP contribution in [0.2, 0.25) is 0 Å². The molecule has 4 rings (SSSR count). The average Bonchev–Trinajstić information content (AvgIpc) is 3.19. The van der Waals surface area contributed by atoms with Gasteiger partial charge in [-0.1, -0.05) is 12.0 Å². The third-order valence-corrected chi connectivity index (χ3v) is 6.01. The first kappa shape index (κ1) is 24.2. The Balaban J connectivity index is 1.90. The van der Waals surface area contributed by atoms with Crippen LogP contribution in [-0.2, 0) is 20.1 Å². The first-order valence-electron chi connectivity index (χ1n) is 11.4. The van der Waals surface area contributed by atoms with Crippen molar-refractivity contribution in [3.8, 4) is 11.8 Å². The fourth-order valence-electron chi connectivity index (χ4n) is 4.17. The molecule has 0 fully saturated rings. The summed E-state index contributed by atoms with van der Waals surface area (Å²) in [6, 6.07) is 5.49. The maximum atomic E-state index is 13.7. The topological polar surface area (TPSA) is 117 Å². The second-order valence-electron chi connectivity index (χ2n) is 8.91. The van der Waals surface area contributed by atoms with Crippen molar-refractivity contribution in [1.29, 1.82) is 0 Å². The Morgan fingerprint density at radius 2 is 1.77 bits per heavy atom. The fraction of sp³-hybridized carbons (Fsp3) is 0.400. The lowest BCUT2D eigenvalue weighted by Gasteiger charge is -2.20. The first-order valence-corrected chi connectivity index (χ1v) is 11.4. The monoisotopic (exact) mass is 474 g/mol. The van der Waals surface area contributed by atoms with Crippen LogP contribution >= 0.6 is 0 Å². The number of benzene rings is 1. The van der Waals surface area contributed by atoms with Crippen LogP contribution in [0.5, 0.6) is 0 Å². The molecule has 0 aliphatic rings. The summed E-state index contributed by atoms with van der Waals surface area (Å²) in [4.78, 5) is 42.6. The number of hydrogen-bond acceptors (Lipinski definition) is 7. The molecule has 3 aromatic heterocycles. The molecule has 35 heavy (non-hydrogen) atoms. The van der Waals surface area contributed by atoms with Crippen LogP contribution in [0.1, 0.15) is 30.8 Å². The number of anilines is 1. The van der Waals surface area contributed by atoms with Crippen molar-refractivity contribution in [1.82, 2.24) is 28.7 Å². The number of imidazole rings is 1. The minimum atomic E-state index is -0.443. The van der Waals surface area contributed by atoms with E-state index in [1.54, 1.807) is 18.5 Å². The van der Waals surface area contributed by atoms with Gasteiger partial charge in [-0.3, -0.25) is 18.5 Å². The van der Waals surface area contributed by atoms with Crippen molar-refractivity contribution < 1.29 is 0 Å². The Hall–Kier alpha value is -3.97. The number of rotatable bonds is 6. The Morgan fingerprint density at radius 3 is 2.43 bits per heavy atom. The summed E-state index contributed by atoms with van der Waals surface area (Å²) >= 11 is 0. The minimum Gasteiger partial charge on any atom is -0.344 e. The average molecular weight is 475 g/mol. The van der Waals surface area contributed by atoms with E-state index in [9.17, 15) is 9.59 Å². The number of aryl methyl sites for hydroxylation is 3. The van der Waals surface area contributed by atoms with Gasteiger partial charge in [-0.2, -0.15) is 4.98 Å². The van der Waals surface area contributed by atoms with Gasteiger partial charge in [0.15, 0.2) is 11.2 Å². The fourth-order valence-corrected chi connectivity index (χ4v) is 4.17. The molecule has 10 heteroatoms. The third kappa shape index (κ3) is 4.42. The number of fused-ring (bicyclic) bond motifs is 2. The molecule has 0 amide bonds. The Labute approximate surface area is 203 Å². The highest BCUT2D eigenvalue weighted by Gasteiger charge is 2.22. The highest BCUT2D eigenvalue weighted by Crippen LogP contribution is 2.19. The molecule has 0 saturated heterocycles. The van der Waals surface area contributed by atoms with Gasteiger partial charge in [-0.05, 0) is 45.4 Å². The number of nitrogens with zero attached hydrogens (tertiary/aromatic N) is 7. The van der Waals surface area contributed by atoms with Crippen molar-refractivity contribution in [3.63, 3.8) is 0 Å². The van der Waals surface area contributed by atoms with Gasteiger partial charge in [-0.25, -0.2) is 14.8 Å². The summed E-state index contributed by atoms with van der Waals surface area (Å²) < 4.78 is 4.39. The molecule has 0 saturated carbocycles. The van der Waals surface area contributed by atoms with Crippen LogP contribution in [-0.4, -0.2) is 48.3 Å². The van der Waals surface area contributed by atoms with Gasteiger partial charge in [0.1, 0.15) is 0 Å². The van der Waals surface area contributed by atoms with Gasteiger partial charge in [-0.15, -0.1) is 5.92 Å². The molecular formula is C25H30N8O2. The molecule has 10 nitrogen and oxygen atoms in total. The highest BCUT2D eigenvalue weighted by molar-refractivity contribution is 5.76. The van der Waals surface area contributed by atoms with Crippen LogP contribution in [0.25, 0.3) is 22.2 Å². The molecule has 0 aliphatic heterocycles. The van der Waals surface area contributed by atoms with Gasteiger partial charge in [0.2, 0.25) is 5.95 Å². The molecule has 4 aromatic rings. The normalized spacial score (nSPS) is 12.1. The lowest BCUT2D eigenvalue weighted by atomic mass is 10.1. The van der Waals surface area contributed by atoms with E-state index in [0.717, 1.165) is 28.0 Å². The van der Waals surface area contributed by atoms with Crippen molar-refractivity contribution in [2.45, 2.75) is 46.8 Å². The zero-order valence-electron chi connectivity index (χ0n) is 21.0. The molecule has 0 bridgehead atoms. The van der Waals surface area contributed by atoms with Gasteiger partial charge in [0.05, 0.1) is 35.5 Å². The third-order valence-electron chi connectivity index (χ3n) is 6.01. The largest absolute Gasteiger partial charge is 0.344 e. The molecule has 1 atom stereocenters. The van der Waals surface area contributed by atoms with E-state index in [-0.39, 0.29) is 19.1 Å². The van der Waals surface area contributed by atoms with Crippen molar-refractivity contribution in [2.24, 2.45) is 12.8 Å². The molecule has 1 unspecified atom stereocenters. The summed E-state index contributed by atoms with van der Waals surface area (Å²) in [5.41, 5.74) is 9.75. The number of hydrogen-bond donors (Lipinski definition) is 1. The summed E-state index contributed by atoms with van der Waals surface area (Å²) in [5.74, 6) is 6.43. The molecule has 0 radical (unpaired) electrons. The number of aromatic nitrogens is 6. The van der Waals surface area contributed by atoms with E-state index in [1.807, 2.05) is 50.9 Å². The zero-order valence-corrected chi connectivity index (χ0v) is 21.0. The van der Waals surface area contributed by atoms with Crippen LogP contribution in [0.15, 0.2) is 27.8 Å². The van der Waals surface area contributed by atoms with Gasteiger partial charge < -0.3 is 10.6 Å². The molecule has 3 heterocycles. The van der Waals surface area contributed by atoms with E-state index >= 15 is 0 Å². The van der Waals surface area contributed by atoms with Crippen molar-refractivity contribution in [3.05, 3.63) is 56.0 Å². The predicted octanol–water partition coefficient (Wildman–Crippen LogP) is 1.31. The van der Waals surface area contributed by atoms with Gasteiger partial charge >= 0.3 is 5.69 Å². The van der Waals surface area contributed by atoms with Crippen LogP contribution < -0.4 is 21.9 Å². The summed E-state index contributed by atoms with van der Waals surface area (Å²) in [6.07, 6.45) is 0. The van der Waals surface area contributed by atoms with Crippen molar-refractivity contribution in [2.75, 3.05) is 18.5 Å². The standard InChI is InChI=1S/C25H30N8O2/c1-7-8-11-32-21-22(29-24(32)30(5)13-15(2)26)31(6)25(35)33(23(21)34)14-18-9-10-19-20(12-18)28-17(4)16(3)27-19/h9-10,12,15H,11,13-14,26H2,1-6H3. The smallest absolute Gasteiger partial charge is 0.332 e. The Morgan fingerprint density at radius 1 is 1.09 bits per heavy atom. The summed E-state index contributed by atoms with van der Waals surface area (Å²) in [7, 11) is 3.48. The summed E-state index contributed by atoms with van der Waals surface area (Å²) in [6.45, 7) is 8.36. The van der Waals surface area contributed by atoms with Crippen LogP contribution in [0.3, 0.4) is 0 Å². The molecule has 1 aromatic carbocycles. The SMILES string of the molecule is CC#CCn1c(N(C)CC(C)N)nc2c1c(=O)n(Cc1ccc3nc(C)c(C)nc3c1)c(=O)n2C.